The molecule has 0 spiro atoms. The van der Waals surface area contributed by atoms with E-state index in [1.54, 1.807) is 24.3 Å². The van der Waals surface area contributed by atoms with Gasteiger partial charge in [0.2, 0.25) is 0 Å². The fourth-order valence-electron chi connectivity index (χ4n) is 2.57. The summed E-state index contributed by atoms with van der Waals surface area (Å²) in [5, 5.41) is 2.81. The van der Waals surface area contributed by atoms with Gasteiger partial charge in [-0.05, 0) is 55.8 Å². The Bertz CT molecular complexity index is 921. The SMILES string of the molecule is Cc1cccc(COc2ccc(NC(=O)c3ccc(C)nc3N)cc2)c1. The van der Waals surface area contributed by atoms with Crippen molar-refractivity contribution >= 4 is 17.4 Å². The lowest BCUT2D eigenvalue weighted by molar-refractivity contribution is 0.102. The van der Waals surface area contributed by atoms with Crippen LogP contribution in [0.15, 0.2) is 60.7 Å². The molecule has 0 aliphatic carbocycles. The molecule has 1 amide bonds. The fraction of sp³-hybridized carbons (Fsp3) is 0.143. The molecular weight excluding hydrogens is 326 g/mol. The molecule has 3 rings (SSSR count). The van der Waals surface area contributed by atoms with Crippen LogP contribution in [0.4, 0.5) is 11.5 Å². The Morgan fingerprint density at radius 2 is 1.85 bits per heavy atom. The second kappa shape index (κ2) is 7.70. The minimum Gasteiger partial charge on any atom is -0.489 e. The molecule has 26 heavy (non-hydrogen) atoms. The molecule has 0 aliphatic heterocycles. The standard InChI is InChI=1S/C21H21N3O2/c1-14-4-3-5-16(12-14)13-26-18-9-7-17(8-10-18)24-21(25)19-11-6-15(2)23-20(19)22/h3-12H,13H2,1-2H3,(H2,22,23)(H,24,25). The van der Waals surface area contributed by atoms with Gasteiger partial charge in [-0.15, -0.1) is 0 Å². The van der Waals surface area contributed by atoms with E-state index in [9.17, 15) is 4.79 Å². The maximum Gasteiger partial charge on any atom is 0.259 e. The van der Waals surface area contributed by atoms with Crippen molar-refractivity contribution in [3.05, 3.63) is 83.0 Å². The minimum absolute atomic E-state index is 0.223. The average molecular weight is 347 g/mol. The molecule has 1 aromatic heterocycles. The summed E-state index contributed by atoms with van der Waals surface area (Å²) < 4.78 is 5.78. The smallest absolute Gasteiger partial charge is 0.259 e. The zero-order chi connectivity index (χ0) is 18.5. The van der Waals surface area contributed by atoms with Gasteiger partial charge in [-0.2, -0.15) is 0 Å². The van der Waals surface area contributed by atoms with Gasteiger partial charge in [-0.3, -0.25) is 4.79 Å². The fourth-order valence-corrected chi connectivity index (χ4v) is 2.57. The zero-order valence-electron chi connectivity index (χ0n) is 14.8. The van der Waals surface area contributed by atoms with Gasteiger partial charge in [-0.1, -0.05) is 29.8 Å². The van der Waals surface area contributed by atoms with Crippen LogP contribution in [0.25, 0.3) is 0 Å². The van der Waals surface area contributed by atoms with Crippen molar-refractivity contribution in [3.63, 3.8) is 0 Å². The van der Waals surface area contributed by atoms with Gasteiger partial charge in [0, 0.05) is 11.4 Å². The summed E-state index contributed by atoms with van der Waals surface area (Å²) in [5.41, 5.74) is 9.93. The van der Waals surface area contributed by atoms with E-state index in [2.05, 4.69) is 29.4 Å². The van der Waals surface area contributed by atoms with E-state index in [1.807, 2.05) is 31.2 Å². The van der Waals surface area contributed by atoms with Crippen LogP contribution in [0.2, 0.25) is 0 Å². The number of aryl methyl sites for hydroxylation is 2. The van der Waals surface area contributed by atoms with Crippen molar-refractivity contribution in [3.8, 4) is 5.75 Å². The van der Waals surface area contributed by atoms with Crippen molar-refractivity contribution in [1.29, 1.82) is 0 Å². The molecule has 1 heterocycles. The highest BCUT2D eigenvalue weighted by molar-refractivity contribution is 6.07. The van der Waals surface area contributed by atoms with Crippen LogP contribution in [-0.4, -0.2) is 10.9 Å². The van der Waals surface area contributed by atoms with Crippen molar-refractivity contribution in [2.24, 2.45) is 0 Å². The predicted molar refractivity (Wildman–Crippen MR) is 103 cm³/mol. The molecule has 0 saturated heterocycles. The van der Waals surface area contributed by atoms with Crippen LogP contribution < -0.4 is 15.8 Å². The van der Waals surface area contributed by atoms with Gasteiger partial charge in [-0.25, -0.2) is 4.98 Å². The molecule has 3 aromatic rings. The van der Waals surface area contributed by atoms with Crippen molar-refractivity contribution in [2.45, 2.75) is 20.5 Å². The first kappa shape index (κ1) is 17.5. The molecule has 3 N–H and O–H groups in total. The van der Waals surface area contributed by atoms with Crippen molar-refractivity contribution in [2.75, 3.05) is 11.1 Å². The monoisotopic (exact) mass is 347 g/mol. The highest BCUT2D eigenvalue weighted by atomic mass is 16.5. The Hall–Kier alpha value is -3.34. The number of pyridine rings is 1. The molecular formula is C21H21N3O2. The summed E-state index contributed by atoms with van der Waals surface area (Å²) >= 11 is 0. The second-order valence-corrected chi connectivity index (χ2v) is 6.14. The summed E-state index contributed by atoms with van der Waals surface area (Å²) in [5.74, 6) is 0.671. The van der Waals surface area contributed by atoms with Gasteiger partial charge in [0.05, 0.1) is 5.56 Å². The lowest BCUT2D eigenvalue weighted by atomic mass is 10.1. The Labute approximate surface area is 152 Å². The number of rotatable bonds is 5. The number of carbonyl (C=O) groups is 1. The third-order valence-corrected chi connectivity index (χ3v) is 3.91. The lowest BCUT2D eigenvalue weighted by Crippen LogP contribution is -2.15. The number of aromatic nitrogens is 1. The number of anilines is 2. The van der Waals surface area contributed by atoms with Gasteiger partial charge < -0.3 is 15.8 Å². The maximum absolute atomic E-state index is 12.3. The van der Waals surface area contributed by atoms with Gasteiger partial charge in [0.25, 0.3) is 5.91 Å². The number of hydrogen-bond donors (Lipinski definition) is 2. The minimum atomic E-state index is -0.288. The van der Waals surface area contributed by atoms with Crippen LogP contribution in [0.5, 0.6) is 5.75 Å². The molecule has 0 unspecified atom stereocenters. The molecule has 0 bridgehead atoms. The number of nitrogens with zero attached hydrogens (tertiary/aromatic N) is 1. The van der Waals surface area contributed by atoms with E-state index < -0.39 is 0 Å². The number of nitrogens with one attached hydrogen (secondary N) is 1. The van der Waals surface area contributed by atoms with Crippen LogP contribution in [0.1, 0.15) is 27.2 Å². The number of nitrogens with two attached hydrogens (primary N) is 1. The Balaban J connectivity index is 1.61. The Morgan fingerprint density at radius 3 is 2.54 bits per heavy atom. The van der Waals surface area contributed by atoms with Gasteiger partial charge in [0.1, 0.15) is 18.2 Å². The largest absolute Gasteiger partial charge is 0.489 e. The normalized spacial score (nSPS) is 10.4. The molecule has 5 nitrogen and oxygen atoms in total. The number of nitrogen functional groups attached to an aromatic ring is 1. The summed E-state index contributed by atoms with van der Waals surface area (Å²) in [4.78, 5) is 16.4. The van der Waals surface area contributed by atoms with Crippen LogP contribution in [0, 0.1) is 13.8 Å². The van der Waals surface area contributed by atoms with Crippen LogP contribution in [-0.2, 0) is 6.61 Å². The van der Waals surface area contributed by atoms with Crippen LogP contribution in [0.3, 0.4) is 0 Å². The van der Waals surface area contributed by atoms with E-state index in [1.165, 1.54) is 5.56 Å². The van der Waals surface area contributed by atoms with Gasteiger partial charge in [0.15, 0.2) is 0 Å². The van der Waals surface area contributed by atoms with E-state index >= 15 is 0 Å². The highest BCUT2D eigenvalue weighted by Gasteiger charge is 2.11. The molecule has 2 aromatic carbocycles. The highest BCUT2D eigenvalue weighted by Crippen LogP contribution is 2.19. The molecule has 0 aliphatic rings. The number of carbonyl (C=O) groups excluding carboxylic acids is 1. The molecule has 0 atom stereocenters. The molecule has 0 fully saturated rings. The summed E-state index contributed by atoms with van der Waals surface area (Å²) in [6.07, 6.45) is 0. The van der Waals surface area contributed by atoms with E-state index in [0.29, 0.717) is 17.9 Å². The number of ether oxygens (including phenoxy) is 1. The lowest BCUT2D eigenvalue weighted by Gasteiger charge is -2.10. The summed E-state index contributed by atoms with van der Waals surface area (Å²) in [6.45, 7) is 4.38. The van der Waals surface area contributed by atoms with Crippen molar-refractivity contribution < 1.29 is 9.53 Å². The average Bonchev–Trinajstić information content (AvgIpc) is 2.61. The third-order valence-electron chi connectivity index (χ3n) is 3.91. The quantitative estimate of drug-likeness (QED) is 0.728. The summed E-state index contributed by atoms with van der Waals surface area (Å²) in [7, 11) is 0. The second-order valence-electron chi connectivity index (χ2n) is 6.14. The Kier molecular flexibility index (Phi) is 5.17. The molecule has 132 valence electrons. The van der Waals surface area contributed by atoms with Crippen LogP contribution >= 0.6 is 0 Å². The molecule has 0 saturated carbocycles. The summed E-state index contributed by atoms with van der Waals surface area (Å²) in [6, 6.07) is 18.8. The number of hydrogen-bond acceptors (Lipinski definition) is 4. The van der Waals surface area contributed by atoms with Crippen molar-refractivity contribution in [1.82, 2.24) is 4.98 Å². The topological polar surface area (TPSA) is 77.2 Å². The number of benzene rings is 2. The Morgan fingerprint density at radius 1 is 1.08 bits per heavy atom. The first-order valence-corrected chi connectivity index (χ1v) is 8.34. The molecule has 0 radical (unpaired) electrons. The first-order valence-electron chi connectivity index (χ1n) is 8.34. The van der Waals surface area contributed by atoms with E-state index in [0.717, 1.165) is 17.0 Å². The zero-order valence-corrected chi connectivity index (χ0v) is 14.8. The predicted octanol–water partition coefficient (Wildman–Crippen LogP) is 4.11. The maximum atomic E-state index is 12.3. The molecule has 5 heteroatoms. The van der Waals surface area contributed by atoms with E-state index in [4.69, 9.17) is 10.5 Å². The van der Waals surface area contributed by atoms with Gasteiger partial charge >= 0.3 is 0 Å². The number of amides is 1. The van der Waals surface area contributed by atoms with E-state index in [-0.39, 0.29) is 11.7 Å². The first-order chi connectivity index (χ1) is 12.5. The third kappa shape index (κ3) is 4.39.